The van der Waals surface area contributed by atoms with Gasteiger partial charge in [0.2, 0.25) is 5.91 Å². The molecule has 0 spiro atoms. The minimum atomic E-state index is -1.51. The number of carbonyl (C=O) groups excluding carboxylic acids is 4. The van der Waals surface area contributed by atoms with Crippen LogP contribution >= 0.6 is 0 Å². The van der Waals surface area contributed by atoms with Gasteiger partial charge in [0.1, 0.15) is 11.3 Å². The van der Waals surface area contributed by atoms with E-state index in [9.17, 15) is 19.2 Å². The van der Waals surface area contributed by atoms with Gasteiger partial charge in [-0.1, -0.05) is 6.07 Å². The Balaban J connectivity index is 1.55. The number of amides is 5. The molecule has 3 aliphatic heterocycles. The molecule has 3 heterocycles. The van der Waals surface area contributed by atoms with Gasteiger partial charge < -0.3 is 24.6 Å². The lowest BCUT2D eigenvalue weighted by molar-refractivity contribution is -0.140. The summed E-state index contributed by atoms with van der Waals surface area (Å²) in [5, 5.41) is 4.79. The summed E-state index contributed by atoms with van der Waals surface area (Å²) in [6, 6.07) is 4.54. The number of morpholine rings is 1. The Bertz CT molecular complexity index is 881. The van der Waals surface area contributed by atoms with E-state index in [1.807, 2.05) is 0 Å². The van der Waals surface area contributed by atoms with E-state index < -0.39 is 17.5 Å². The molecule has 0 radical (unpaired) electrons. The maximum atomic E-state index is 12.9. The van der Waals surface area contributed by atoms with Crippen molar-refractivity contribution >= 4 is 23.8 Å². The van der Waals surface area contributed by atoms with Crippen LogP contribution in [0.3, 0.4) is 0 Å². The van der Waals surface area contributed by atoms with Gasteiger partial charge in [-0.25, -0.2) is 4.79 Å². The molecule has 1 atom stereocenters. The summed E-state index contributed by atoms with van der Waals surface area (Å²) < 4.78 is 10.4. The number of imide groups is 1. The molecule has 3 aliphatic rings. The Morgan fingerprint density at radius 2 is 2.00 bits per heavy atom. The number of carbonyl (C=O) groups is 4. The van der Waals surface area contributed by atoms with Gasteiger partial charge in [0.05, 0.1) is 33.3 Å². The van der Waals surface area contributed by atoms with Gasteiger partial charge in [-0.2, -0.15) is 0 Å². The number of benzene rings is 1. The fourth-order valence-electron chi connectivity index (χ4n) is 3.92. The number of rotatable bonds is 5. The number of hydrogen-bond donors (Lipinski definition) is 2. The molecule has 1 aromatic carbocycles. The van der Waals surface area contributed by atoms with Crippen molar-refractivity contribution in [3.05, 3.63) is 29.3 Å². The van der Waals surface area contributed by atoms with E-state index >= 15 is 0 Å². The molecule has 154 valence electrons. The molecule has 29 heavy (non-hydrogen) atoms. The summed E-state index contributed by atoms with van der Waals surface area (Å²) in [5.41, 5.74) is -0.215. The van der Waals surface area contributed by atoms with Crippen LogP contribution in [0.2, 0.25) is 0 Å². The van der Waals surface area contributed by atoms with Crippen molar-refractivity contribution in [1.29, 1.82) is 0 Å². The van der Waals surface area contributed by atoms with Crippen LogP contribution in [-0.4, -0.2) is 79.0 Å². The highest BCUT2D eigenvalue weighted by atomic mass is 16.5. The number of methoxy groups -OCH3 is 1. The minimum absolute atomic E-state index is 0.101. The van der Waals surface area contributed by atoms with E-state index in [1.165, 1.54) is 12.0 Å². The maximum absolute atomic E-state index is 12.9. The Hall–Kier alpha value is -3.14. The van der Waals surface area contributed by atoms with Gasteiger partial charge in [0.15, 0.2) is 0 Å². The Labute approximate surface area is 167 Å². The van der Waals surface area contributed by atoms with Gasteiger partial charge in [-0.15, -0.1) is 0 Å². The van der Waals surface area contributed by atoms with Crippen LogP contribution in [0.15, 0.2) is 18.2 Å². The van der Waals surface area contributed by atoms with E-state index in [0.29, 0.717) is 37.6 Å². The summed E-state index contributed by atoms with van der Waals surface area (Å²) in [6.45, 7) is 1.90. The molecule has 2 saturated heterocycles. The zero-order chi connectivity index (χ0) is 20.6. The van der Waals surface area contributed by atoms with E-state index in [4.69, 9.17) is 9.47 Å². The van der Waals surface area contributed by atoms with Crippen molar-refractivity contribution in [2.24, 2.45) is 0 Å². The molecular weight excluding hydrogens is 380 g/mol. The number of ether oxygens (including phenoxy) is 2. The fourth-order valence-corrected chi connectivity index (χ4v) is 3.92. The molecule has 10 heteroatoms. The number of fused-ring (bicyclic) bond motifs is 1. The van der Waals surface area contributed by atoms with Crippen LogP contribution in [0.1, 0.15) is 22.3 Å². The highest BCUT2D eigenvalue weighted by Crippen LogP contribution is 2.29. The summed E-state index contributed by atoms with van der Waals surface area (Å²) in [4.78, 5) is 53.3. The third-order valence-electron chi connectivity index (χ3n) is 5.49. The molecule has 0 aromatic heterocycles. The van der Waals surface area contributed by atoms with E-state index in [-0.39, 0.29) is 31.3 Å². The standard InChI is InChI=1S/C19H22N4O6/c1-28-13-3-2-12-10-23(16(25)14(12)8-13)11-19(17(26)20-18(27)21-19)9-15(24)22-4-6-29-7-5-22/h2-3,8H,4-7,9-11H2,1H3,(H2,20,21,26,27). The Morgan fingerprint density at radius 3 is 2.66 bits per heavy atom. The normalized spacial score (nSPS) is 23.7. The zero-order valence-corrected chi connectivity index (χ0v) is 16.0. The monoisotopic (exact) mass is 402 g/mol. The van der Waals surface area contributed by atoms with Crippen molar-refractivity contribution in [2.45, 2.75) is 18.5 Å². The highest BCUT2D eigenvalue weighted by molar-refractivity contribution is 6.09. The van der Waals surface area contributed by atoms with Gasteiger partial charge >= 0.3 is 6.03 Å². The Morgan fingerprint density at radius 1 is 1.24 bits per heavy atom. The molecule has 1 unspecified atom stereocenters. The minimum Gasteiger partial charge on any atom is -0.497 e. The SMILES string of the molecule is COc1ccc2c(c1)C(=O)N(CC1(CC(=O)N3CCOCC3)NC(=O)NC1=O)C2. The molecule has 0 bridgehead atoms. The predicted octanol–water partition coefficient (Wildman–Crippen LogP) is -0.522. The lowest BCUT2D eigenvalue weighted by Crippen LogP contribution is -2.58. The number of urea groups is 1. The Kier molecular flexibility index (Phi) is 4.87. The van der Waals surface area contributed by atoms with E-state index in [1.54, 1.807) is 23.1 Å². The fraction of sp³-hybridized carbons (Fsp3) is 0.474. The van der Waals surface area contributed by atoms with Crippen LogP contribution in [0.5, 0.6) is 5.75 Å². The smallest absolute Gasteiger partial charge is 0.322 e. The third kappa shape index (κ3) is 3.51. The van der Waals surface area contributed by atoms with Crippen molar-refractivity contribution in [2.75, 3.05) is 40.0 Å². The topological polar surface area (TPSA) is 117 Å². The van der Waals surface area contributed by atoms with Gasteiger partial charge in [0.25, 0.3) is 11.8 Å². The first-order chi connectivity index (χ1) is 13.9. The molecule has 0 saturated carbocycles. The first kappa shape index (κ1) is 19.2. The van der Waals surface area contributed by atoms with Crippen LogP contribution in [0.25, 0.3) is 0 Å². The average molecular weight is 402 g/mol. The van der Waals surface area contributed by atoms with Crippen LogP contribution < -0.4 is 15.4 Å². The second-order valence-corrected chi connectivity index (χ2v) is 7.34. The molecule has 2 fully saturated rings. The van der Waals surface area contributed by atoms with E-state index in [2.05, 4.69) is 10.6 Å². The third-order valence-corrected chi connectivity index (χ3v) is 5.49. The zero-order valence-electron chi connectivity index (χ0n) is 16.0. The first-order valence-electron chi connectivity index (χ1n) is 9.37. The molecule has 4 rings (SSSR count). The van der Waals surface area contributed by atoms with E-state index in [0.717, 1.165) is 5.56 Å². The second kappa shape index (κ2) is 7.36. The molecular formula is C19H22N4O6. The van der Waals surface area contributed by atoms with Crippen molar-refractivity contribution in [1.82, 2.24) is 20.4 Å². The lowest BCUT2D eigenvalue weighted by atomic mass is 9.93. The number of hydrogen-bond acceptors (Lipinski definition) is 6. The van der Waals surface area contributed by atoms with Crippen LogP contribution in [-0.2, 0) is 20.9 Å². The first-order valence-corrected chi connectivity index (χ1v) is 9.37. The van der Waals surface area contributed by atoms with Crippen molar-refractivity contribution < 1.29 is 28.7 Å². The van der Waals surface area contributed by atoms with Gasteiger partial charge in [-0.3, -0.25) is 19.7 Å². The lowest BCUT2D eigenvalue weighted by Gasteiger charge is -2.33. The van der Waals surface area contributed by atoms with Crippen LogP contribution in [0, 0.1) is 0 Å². The van der Waals surface area contributed by atoms with Crippen LogP contribution in [0.4, 0.5) is 4.79 Å². The van der Waals surface area contributed by atoms with Crippen molar-refractivity contribution in [3.8, 4) is 5.75 Å². The highest BCUT2D eigenvalue weighted by Gasteiger charge is 2.51. The average Bonchev–Trinajstić information content (AvgIpc) is 3.17. The molecule has 5 amide bonds. The largest absolute Gasteiger partial charge is 0.497 e. The number of nitrogens with zero attached hydrogens (tertiary/aromatic N) is 2. The predicted molar refractivity (Wildman–Crippen MR) is 99.2 cm³/mol. The number of nitrogens with one attached hydrogen (secondary N) is 2. The molecule has 10 nitrogen and oxygen atoms in total. The van der Waals surface area contributed by atoms with Gasteiger partial charge in [0, 0.05) is 25.2 Å². The summed E-state index contributed by atoms with van der Waals surface area (Å²) in [7, 11) is 1.52. The molecule has 1 aromatic rings. The summed E-state index contributed by atoms with van der Waals surface area (Å²) in [5.74, 6) is -0.587. The summed E-state index contributed by atoms with van der Waals surface area (Å²) >= 11 is 0. The maximum Gasteiger partial charge on any atom is 0.322 e. The summed E-state index contributed by atoms with van der Waals surface area (Å²) in [6.07, 6.45) is -0.228. The quantitative estimate of drug-likeness (QED) is 0.640. The molecule has 2 N–H and O–H groups in total. The van der Waals surface area contributed by atoms with Gasteiger partial charge in [-0.05, 0) is 17.7 Å². The second-order valence-electron chi connectivity index (χ2n) is 7.34. The molecule has 0 aliphatic carbocycles. The van der Waals surface area contributed by atoms with Crippen molar-refractivity contribution in [3.63, 3.8) is 0 Å².